The second-order valence-corrected chi connectivity index (χ2v) is 8.68. The maximum atomic E-state index is 4.12. The Hall–Kier alpha value is -3.15. The highest BCUT2D eigenvalue weighted by atomic mass is 32.1. The molecule has 11 nitrogen and oxygen atoms in total. The minimum Gasteiger partial charge on any atom is -0.261 e. The third-order valence-corrected chi connectivity index (χ3v) is 4.50. The summed E-state index contributed by atoms with van der Waals surface area (Å²) in [5, 5.41) is 14.5. The van der Waals surface area contributed by atoms with Crippen LogP contribution < -0.4 is 0 Å². The van der Waals surface area contributed by atoms with E-state index in [9.17, 15) is 0 Å². The molecule has 0 aliphatic heterocycles. The lowest BCUT2D eigenvalue weighted by atomic mass is 10.1. The topological polar surface area (TPSA) is 126 Å². The van der Waals surface area contributed by atoms with Gasteiger partial charge in [0.05, 0.1) is 29.3 Å². The van der Waals surface area contributed by atoms with E-state index < -0.39 is 0 Å². The van der Waals surface area contributed by atoms with Gasteiger partial charge in [0.2, 0.25) is 0 Å². The fraction of sp³-hybridized carbons (Fsp3) is 0.640. The van der Waals surface area contributed by atoms with Crippen LogP contribution in [-0.4, -0.2) is 53.7 Å². The van der Waals surface area contributed by atoms with E-state index in [1.54, 1.807) is 46.9 Å². The maximum Gasteiger partial charge on any atom is 0.138 e. The number of hydrogen-bond acceptors (Lipinski definition) is 10. The van der Waals surface area contributed by atoms with E-state index in [-0.39, 0.29) is 29.7 Å². The summed E-state index contributed by atoms with van der Waals surface area (Å²) in [6, 6.07) is 0.794. The molecule has 212 valence electrons. The summed E-state index contributed by atoms with van der Waals surface area (Å²) < 4.78 is 11.4. The lowest BCUT2D eigenvalue weighted by Gasteiger charge is -2.00. The van der Waals surface area contributed by atoms with E-state index >= 15 is 0 Å². The molecule has 0 N–H and O–H groups in total. The van der Waals surface area contributed by atoms with Gasteiger partial charge in [0.15, 0.2) is 0 Å². The zero-order valence-corrected chi connectivity index (χ0v) is 21.5. The predicted molar refractivity (Wildman–Crippen MR) is 156 cm³/mol. The van der Waals surface area contributed by atoms with Crippen LogP contribution in [0.2, 0.25) is 0 Å². The van der Waals surface area contributed by atoms with Gasteiger partial charge >= 0.3 is 0 Å². The fourth-order valence-corrected chi connectivity index (χ4v) is 2.48. The summed E-state index contributed by atoms with van der Waals surface area (Å²) in [7, 11) is 0. The van der Waals surface area contributed by atoms with E-state index in [2.05, 4.69) is 85.9 Å². The molecule has 12 heteroatoms. The Balaban J connectivity index is -0.000000190. The average molecular weight is 538 g/mol. The smallest absolute Gasteiger partial charge is 0.138 e. The van der Waals surface area contributed by atoms with Crippen LogP contribution in [0.1, 0.15) is 120 Å². The Morgan fingerprint density at radius 3 is 1.57 bits per heavy atom. The Bertz CT molecular complexity index is 832. The predicted octanol–water partition coefficient (Wildman–Crippen LogP) is 6.92. The Morgan fingerprint density at radius 2 is 1.32 bits per heavy atom. The summed E-state index contributed by atoms with van der Waals surface area (Å²) >= 11 is 1.27. The normalized spacial score (nSPS) is 9.19. The average Bonchev–Trinajstić information content (AvgIpc) is 3.59. The van der Waals surface area contributed by atoms with Crippen LogP contribution in [0.15, 0.2) is 43.8 Å². The second-order valence-electron chi connectivity index (χ2n) is 8.12. The molecule has 0 saturated carbocycles. The summed E-state index contributed by atoms with van der Waals surface area (Å²) in [5.41, 5.74) is 2.15. The van der Waals surface area contributed by atoms with Crippen LogP contribution in [0.5, 0.6) is 0 Å². The number of aromatic nitrogens is 11. The largest absolute Gasteiger partial charge is 0.261 e. The first-order valence-corrected chi connectivity index (χ1v) is 11.5. The first-order valence-electron chi connectivity index (χ1n) is 10.8. The molecule has 4 aromatic rings. The van der Waals surface area contributed by atoms with Crippen molar-refractivity contribution in [3.8, 4) is 0 Å². The van der Waals surface area contributed by atoms with E-state index in [4.69, 9.17) is 0 Å². The van der Waals surface area contributed by atoms with Gasteiger partial charge in [0.25, 0.3) is 0 Å². The van der Waals surface area contributed by atoms with Gasteiger partial charge in [-0.2, -0.15) is 13.8 Å². The monoisotopic (exact) mass is 537 g/mol. The number of hydrogen-bond donors (Lipinski definition) is 0. The highest BCUT2D eigenvalue weighted by molar-refractivity contribution is 6.99. The van der Waals surface area contributed by atoms with Gasteiger partial charge in [-0.3, -0.25) is 14.6 Å². The van der Waals surface area contributed by atoms with Crippen molar-refractivity contribution in [2.45, 2.75) is 109 Å². The highest BCUT2D eigenvalue weighted by Crippen LogP contribution is 2.09. The van der Waals surface area contributed by atoms with Crippen LogP contribution in [0, 0.1) is 0 Å². The molecule has 0 unspecified atom stereocenters. The molecule has 0 radical (unpaired) electrons. The minimum absolute atomic E-state index is 0. The molecule has 0 atom stereocenters. The van der Waals surface area contributed by atoms with Crippen LogP contribution in [0.25, 0.3) is 0 Å². The van der Waals surface area contributed by atoms with Crippen molar-refractivity contribution in [1.82, 2.24) is 53.7 Å². The summed E-state index contributed by atoms with van der Waals surface area (Å²) in [5.74, 6) is 1.01. The quantitative estimate of drug-likeness (QED) is 0.272. The van der Waals surface area contributed by atoms with Crippen molar-refractivity contribution >= 4 is 11.7 Å². The van der Waals surface area contributed by atoms with Gasteiger partial charge in [-0.15, -0.1) is 5.10 Å². The van der Waals surface area contributed by atoms with Gasteiger partial charge in [-0.25, -0.2) is 9.67 Å². The van der Waals surface area contributed by atoms with Crippen molar-refractivity contribution in [3.05, 3.63) is 55.2 Å². The Morgan fingerprint density at radius 1 is 0.703 bits per heavy atom. The molecular weight excluding hydrogens is 486 g/mol. The van der Waals surface area contributed by atoms with Crippen LogP contribution >= 0.6 is 11.7 Å². The van der Waals surface area contributed by atoms with Gasteiger partial charge in [-0.1, -0.05) is 57.4 Å². The molecule has 0 amide bonds. The van der Waals surface area contributed by atoms with Crippen LogP contribution in [-0.2, 0) is 0 Å². The first-order chi connectivity index (χ1) is 15.7. The number of nitrogens with zero attached hydrogens (tertiary/aromatic N) is 11. The lowest BCUT2D eigenvalue weighted by molar-refractivity contribution is 0.514. The van der Waals surface area contributed by atoms with Gasteiger partial charge in [0, 0.05) is 30.7 Å². The first kappa shape index (κ1) is 41.0. The van der Waals surface area contributed by atoms with E-state index in [0.29, 0.717) is 23.9 Å². The summed E-state index contributed by atoms with van der Waals surface area (Å²) in [4.78, 5) is 11.9. The lowest BCUT2D eigenvalue weighted by Crippen LogP contribution is -2.00. The molecule has 0 bridgehead atoms. The van der Waals surface area contributed by atoms with Crippen molar-refractivity contribution in [1.29, 1.82) is 0 Å². The minimum atomic E-state index is 0. The highest BCUT2D eigenvalue weighted by Gasteiger charge is 1.99. The second kappa shape index (κ2) is 23.3. The standard InChI is InChI=1S/C7H10N2.C5H9N3.C5H8N2S.C4H8N4.4CH4/c1-6(2)7-5-8-3-4-9-7;1-5(2)8-4-6-3-7-8;1-4(2)5-3-6-8-7-5;1-4(2)8-3-5-6-7-8;;;;/h3-6H,1-2H3;3-5H,1-2H3;2*3-4H,1-2H3;4*1H4. The molecular formula is C25H51N11S. The van der Waals surface area contributed by atoms with Gasteiger partial charge in [0.1, 0.15) is 19.0 Å². The fourth-order valence-electron chi connectivity index (χ4n) is 1.92. The molecule has 0 spiro atoms. The van der Waals surface area contributed by atoms with E-state index in [1.165, 1.54) is 11.7 Å². The maximum absolute atomic E-state index is 4.12. The number of tetrazole rings is 1. The number of rotatable bonds is 4. The van der Waals surface area contributed by atoms with Crippen molar-refractivity contribution in [3.63, 3.8) is 0 Å². The van der Waals surface area contributed by atoms with Crippen molar-refractivity contribution in [2.75, 3.05) is 0 Å². The molecule has 0 aliphatic carbocycles. The molecule has 0 aromatic carbocycles. The van der Waals surface area contributed by atoms with Crippen molar-refractivity contribution < 1.29 is 0 Å². The third-order valence-electron chi connectivity index (χ3n) is 4.00. The molecule has 4 rings (SSSR count). The SMILES string of the molecule is C.C.C.C.CC(C)c1cnccn1.CC(C)c1cnsn1.CC(C)n1cncn1.CC(C)n1cnnn1. The van der Waals surface area contributed by atoms with E-state index in [1.807, 2.05) is 20.0 Å². The van der Waals surface area contributed by atoms with Crippen LogP contribution in [0.3, 0.4) is 0 Å². The molecule has 0 fully saturated rings. The van der Waals surface area contributed by atoms with Crippen molar-refractivity contribution in [2.24, 2.45) is 0 Å². The third kappa shape index (κ3) is 17.9. The summed E-state index contributed by atoms with van der Waals surface area (Å²) in [6.45, 7) is 16.6. The summed E-state index contributed by atoms with van der Waals surface area (Å²) in [6.07, 6.45) is 11.9. The molecule has 37 heavy (non-hydrogen) atoms. The molecule has 4 heterocycles. The Kier molecular flexibility index (Phi) is 25.8. The van der Waals surface area contributed by atoms with E-state index in [0.717, 1.165) is 11.4 Å². The Labute approximate surface area is 229 Å². The van der Waals surface area contributed by atoms with Gasteiger partial charge in [-0.05, 0) is 50.0 Å². The zero-order chi connectivity index (χ0) is 24.6. The van der Waals surface area contributed by atoms with Gasteiger partial charge < -0.3 is 0 Å². The van der Waals surface area contributed by atoms with Crippen LogP contribution in [0.4, 0.5) is 0 Å². The molecule has 0 aliphatic rings. The zero-order valence-electron chi connectivity index (χ0n) is 20.7. The molecule has 0 saturated heterocycles. The molecule has 4 aromatic heterocycles.